The van der Waals surface area contributed by atoms with Crippen LogP contribution in [0.5, 0.6) is 11.5 Å². The van der Waals surface area contributed by atoms with E-state index in [2.05, 4.69) is 0 Å². The third kappa shape index (κ3) is 3.58. The number of hydrogen-bond acceptors (Lipinski definition) is 9. The summed E-state index contributed by atoms with van der Waals surface area (Å²) < 4.78 is 15.3. The van der Waals surface area contributed by atoms with Gasteiger partial charge in [-0.1, -0.05) is 12.1 Å². The molecule has 1 aromatic rings. The van der Waals surface area contributed by atoms with Gasteiger partial charge in [-0.05, 0) is 18.2 Å². The zero-order valence-corrected chi connectivity index (χ0v) is 14.3. The van der Waals surface area contributed by atoms with Crippen LogP contribution >= 0.6 is 0 Å². The van der Waals surface area contributed by atoms with Gasteiger partial charge in [-0.2, -0.15) is 0 Å². The van der Waals surface area contributed by atoms with Crippen molar-refractivity contribution in [2.45, 2.75) is 30.2 Å². The summed E-state index contributed by atoms with van der Waals surface area (Å²) in [6.45, 7) is -0.770. The quantitative estimate of drug-likeness (QED) is 0.376. The van der Waals surface area contributed by atoms with Gasteiger partial charge in [0.2, 0.25) is 5.78 Å². The third-order valence-electron chi connectivity index (χ3n) is 4.17. The maximum atomic E-state index is 12.4. The number of para-hydroxylation sites is 1. The number of methoxy groups -OCH3 is 2. The third-order valence-corrected chi connectivity index (χ3v) is 4.17. The summed E-state index contributed by atoms with van der Waals surface area (Å²) in [7, 11) is 2.87. The highest BCUT2D eigenvalue weighted by atomic mass is 16.7. The first-order valence-electron chi connectivity index (χ1n) is 7.78. The molecule has 1 saturated heterocycles. The number of ketones is 1. The summed E-state index contributed by atoms with van der Waals surface area (Å²) in [6, 6.07) is 4.94. The van der Waals surface area contributed by atoms with Gasteiger partial charge in [0, 0.05) is 5.56 Å². The van der Waals surface area contributed by atoms with Crippen molar-refractivity contribution in [2.24, 2.45) is 0 Å². The molecule has 0 bridgehead atoms. The molecule has 5 unspecified atom stereocenters. The summed E-state index contributed by atoms with van der Waals surface area (Å²) in [4.78, 5) is 12.4. The van der Waals surface area contributed by atoms with Crippen molar-refractivity contribution in [1.82, 2.24) is 0 Å². The molecule has 9 heteroatoms. The van der Waals surface area contributed by atoms with Crippen LogP contribution in [0.15, 0.2) is 24.3 Å². The second-order valence-corrected chi connectivity index (χ2v) is 5.74. The first-order chi connectivity index (χ1) is 12.3. The summed E-state index contributed by atoms with van der Waals surface area (Å²) >= 11 is 0. The number of aliphatic hydroxyl groups is 5. The lowest BCUT2D eigenvalue weighted by Crippen LogP contribution is -2.67. The van der Waals surface area contributed by atoms with Crippen molar-refractivity contribution in [3.8, 4) is 11.5 Å². The molecule has 1 aromatic carbocycles. The van der Waals surface area contributed by atoms with Gasteiger partial charge in [0.1, 0.15) is 24.4 Å². The minimum absolute atomic E-state index is 0.347. The topological polar surface area (TPSA) is 146 Å². The molecule has 1 heterocycles. The van der Waals surface area contributed by atoms with Crippen LogP contribution in [0.4, 0.5) is 0 Å². The molecule has 144 valence electrons. The molecule has 1 aliphatic heterocycles. The number of aliphatic hydroxyl groups excluding tert-OH is 4. The van der Waals surface area contributed by atoms with Gasteiger partial charge >= 0.3 is 0 Å². The van der Waals surface area contributed by atoms with Crippen LogP contribution < -0.4 is 9.47 Å². The van der Waals surface area contributed by atoms with Crippen LogP contribution in [-0.4, -0.2) is 82.3 Å². The van der Waals surface area contributed by atoms with E-state index in [1.54, 1.807) is 18.2 Å². The van der Waals surface area contributed by atoms with E-state index in [4.69, 9.17) is 19.3 Å². The van der Waals surface area contributed by atoms with E-state index in [1.807, 2.05) is 0 Å². The van der Waals surface area contributed by atoms with Crippen molar-refractivity contribution in [3.63, 3.8) is 0 Å². The van der Waals surface area contributed by atoms with Gasteiger partial charge in [-0.15, -0.1) is 0 Å². The van der Waals surface area contributed by atoms with E-state index in [-0.39, 0.29) is 0 Å². The van der Waals surface area contributed by atoms with Crippen molar-refractivity contribution in [1.29, 1.82) is 0 Å². The van der Waals surface area contributed by atoms with Crippen molar-refractivity contribution in [2.75, 3.05) is 20.8 Å². The van der Waals surface area contributed by atoms with Gasteiger partial charge in [0.25, 0.3) is 5.79 Å². The van der Waals surface area contributed by atoms with Crippen LogP contribution in [0.1, 0.15) is 5.56 Å². The van der Waals surface area contributed by atoms with Crippen molar-refractivity contribution < 1.29 is 44.5 Å². The van der Waals surface area contributed by atoms with E-state index in [0.717, 1.165) is 6.08 Å². The molecule has 0 saturated carbocycles. The van der Waals surface area contributed by atoms with Gasteiger partial charge in [-0.25, -0.2) is 0 Å². The summed E-state index contributed by atoms with van der Waals surface area (Å²) in [5, 5.41) is 49.0. The van der Waals surface area contributed by atoms with Crippen LogP contribution in [-0.2, 0) is 9.53 Å². The number of hydrogen-bond donors (Lipinski definition) is 5. The summed E-state index contributed by atoms with van der Waals surface area (Å²) in [6.07, 6.45) is -4.85. The fraction of sp³-hybridized carbons (Fsp3) is 0.471. The maximum absolute atomic E-state index is 12.4. The van der Waals surface area contributed by atoms with Crippen LogP contribution in [0, 0.1) is 0 Å². The highest BCUT2D eigenvalue weighted by Crippen LogP contribution is 2.33. The predicted octanol–water partition coefficient (Wildman–Crippen LogP) is -1.55. The number of ether oxygens (including phenoxy) is 3. The fourth-order valence-corrected chi connectivity index (χ4v) is 2.69. The molecule has 2 rings (SSSR count). The van der Waals surface area contributed by atoms with Crippen molar-refractivity contribution in [3.05, 3.63) is 29.8 Å². The maximum Gasteiger partial charge on any atom is 0.260 e. The van der Waals surface area contributed by atoms with E-state index >= 15 is 0 Å². The SMILES string of the molecule is COc1cccc(C=CC(=O)C2(O)OC(CO)C(O)C(O)C2O)c1OC. The number of rotatable bonds is 6. The Bertz CT molecular complexity index is 672. The van der Waals surface area contributed by atoms with E-state index < -0.39 is 42.6 Å². The largest absolute Gasteiger partial charge is 0.493 e. The molecular formula is C17H22O9. The zero-order valence-electron chi connectivity index (χ0n) is 14.3. The summed E-state index contributed by atoms with van der Waals surface area (Å²) in [5.41, 5.74) is 0.452. The van der Waals surface area contributed by atoms with E-state index in [1.165, 1.54) is 20.3 Å². The molecular weight excluding hydrogens is 348 g/mol. The molecule has 5 atom stereocenters. The van der Waals surface area contributed by atoms with Gasteiger partial charge < -0.3 is 39.7 Å². The van der Waals surface area contributed by atoms with E-state index in [0.29, 0.717) is 17.1 Å². The average Bonchev–Trinajstić information content (AvgIpc) is 2.66. The predicted molar refractivity (Wildman–Crippen MR) is 88.5 cm³/mol. The Kier molecular flexibility index (Phi) is 6.34. The first kappa shape index (κ1) is 20.3. The molecule has 0 radical (unpaired) electrons. The minimum atomic E-state index is -2.82. The number of carbonyl (C=O) groups excluding carboxylic acids is 1. The standard InChI is InChI=1S/C17H22O9/c1-24-10-5-3-4-9(15(10)25-2)6-7-12(19)17(23)16(22)14(21)13(20)11(8-18)26-17/h3-7,11,13-14,16,18,20-23H,8H2,1-2H3. The lowest BCUT2D eigenvalue weighted by atomic mass is 9.90. The van der Waals surface area contributed by atoms with Crippen molar-refractivity contribution >= 4 is 11.9 Å². The lowest BCUT2D eigenvalue weighted by Gasteiger charge is -2.43. The Balaban J connectivity index is 2.30. The Morgan fingerprint density at radius 2 is 1.92 bits per heavy atom. The Morgan fingerprint density at radius 3 is 2.50 bits per heavy atom. The minimum Gasteiger partial charge on any atom is -0.493 e. The normalized spacial score (nSPS) is 31.8. The number of benzene rings is 1. The fourth-order valence-electron chi connectivity index (χ4n) is 2.69. The number of carbonyl (C=O) groups is 1. The molecule has 0 amide bonds. The average molecular weight is 370 g/mol. The van der Waals surface area contributed by atoms with Gasteiger partial charge in [0.15, 0.2) is 11.5 Å². The molecule has 0 spiro atoms. The molecule has 9 nitrogen and oxygen atoms in total. The first-order valence-corrected chi connectivity index (χ1v) is 7.78. The van der Waals surface area contributed by atoms with Crippen LogP contribution in [0.3, 0.4) is 0 Å². The molecule has 0 aromatic heterocycles. The molecule has 5 N–H and O–H groups in total. The molecule has 1 aliphatic rings. The Hall–Kier alpha value is -2.01. The van der Waals surface area contributed by atoms with Crippen LogP contribution in [0.25, 0.3) is 6.08 Å². The smallest absolute Gasteiger partial charge is 0.260 e. The summed E-state index contributed by atoms with van der Waals surface area (Å²) in [5.74, 6) is -3.14. The van der Waals surface area contributed by atoms with Crippen LogP contribution in [0.2, 0.25) is 0 Å². The Labute approximate surface area is 149 Å². The highest BCUT2D eigenvalue weighted by molar-refractivity contribution is 5.99. The molecule has 1 fully saturated rings. The zero-order chi connectivity index (χ0) is 19.5. The van der Waals surface area contributed by atoms with Gasteiger partial charge in [0.05, 0.1) is 20.8 Å². The monoisotopic (exact) mass is 370 g/mol. The molecule has 26 heavy (non-hydrogen) atoms. The highest BCUT2D eigenvalue weighted by Gasteiger charge is 2.56. The second-order valence-electron chi connectivity index (χ2n) is 5.74. The molecule has 0 aliphatic carbocycles. The second kappa shape index (κ2) is 8.12. The van der Waals surface area contributed by atoms with Gasteiger partial charge in [-0.3, -0.25) is 4.79 Å². The lowest BCUT2D eigenvalue weighted by molar-refractivity contribution is -0.329. The Morgan fingerprint density at radius 1 is 1.23 bits per heavy atom. The van der Waals surface area contributed by atoms with E-state index in [9.17, 15) is 25.2 Å².